The first-order chi connectivity index (χ1) is 8.14. The molecule has 1 aromatic rings. The predicted molar refractivity (Wildman–Crippen MR) is 67.7 cm³/mol. The summed E-state index contributed by atoms with van der Waals surface area (Å²) >= 11 is 0. The lowest BCUT2D eigenvalue weighted by Crippen LogP contribution is -2.51. The van der Waals surface area contributed by atoms with Crippen molar-refractivity contribution in [1.82, 2.24) is 5.32 Å². The number of ketones is 1. The number of oxime groups is 1. The second kappa shape index (κ2) is 5.96. The fourth-order valence-corrected chi connectivity index (χ4v) is 1.47. The molecule has 1 atom stereocenters. The van der Waals surface area contributed by atoms with Gasteiger partial charge in [-0.05, 0) is 6.92 Å². The van der Waals surface area contributed by atoms with Crippen LogP contribution in [0.3, 0.4) is 0 Å². The van der Waals surface area contributed by atoms with Crippen LogP contribution in [0.1, 0.15) is 17.3 Å². The molecule has 1 aromatic carbocycles. The maximum atomic E-state index is 12.3. The van der Waals surface area contributed by atoms with Crippen LogP contribution in [0.15, 0.2) is 48.1 Å². The molecule has 1 rings (SSSR count). The van der Waals surface area contributed by atoms with E-state index in [-0.39, 0.29) is 5.78 Å². The smallest absolute Gasteiger partial charge is 0.188 e. The Kier molecular flexibility index (Phi) is 4.60. The number of carbonyl (C=O) groups is 1. The molecule has 0 aliphatic rings. The van der Waals surface area contributed by atoms with Gasteiger partial charge in [-0.15, -0.1) is 6.58 Å². The lowest BCUT2D eigenvalue weighted by molar-refractivity contribution is 0.0921. The highest BCUT2D eigenvalue weighted by Gasteiger charge is 2.31. The molecule has 0 radical (unpaired) electrons. The lowest BCUT2D eigenvalue weighted by Gasteiger charge is -2.24. The largest absolute Gasteiger partial charge is 0.411 e. The molecule has 0 amide bonds. The van der Waals surface area contributed by atoms with E-state index in [2.05, 4.69) is 17.1 Å². The second-order valence-electron chi connectivity index (χ2n) is 3.81. The van der Waals surface area contributed by atoms with Crippen molar-refractivity contribution in [1.29, 1.82) is 0 Å². The minimum absolute atomic E-state index is 0.155. The first-order valence-corrected chi connectivity index (χ1v) is 5.28. The van der Waals surface area contributed by atoms with Gasteiger partial charge in [0.15, 0.2) is 5.78 Å². The van der Waals surface area contributed by atoms with Crippen LogP contribution in [0, 0.1) is 0 Å². The SMILES string of the molecule is C=CCNC(C)(C=NO)C(=O)c1ccccc1. The summed E-state index contributed by atoms with van der Waals surface area (Å²) in [7, 11) is 0. The lowest BCUT2D eigenvalue weighted by atomic mass is 9.92. The molecule has 0 fully saturated rings. The second-order valence-corrected chi connectivity index (χ2v) is 3.81. The molecule has 0 aliphatic heterocycles. The summed E-state index contributed by atoms with van der Waals surface area (Å²) in [5.41, 5.74) is -0.476. The van der Waals surface area contributed by atoms with Gasteiger partial charge in [-0.1, -0.05) is 41.6 Å². The Labute approximate surface area is 101 Å². The number of benzene rings is 1. The van der Waals surface area contributed by atoms with Crippen molar-refractivity contribution in [2.45, 2.75) is 12.5 Å². The molecular weight excluding hydrogens is 216 g/mol. The molecule has 90 valence electrons. The van der Waals surface area contributed by atoms with Crippen molar-refractivity contribution in [2.75, 3.05) is 6.54 Å². The first kappa shape index (κ1) is 13.1. The van der Waals surface area contributed by atoms with Gasteiger partial charge in [0.1, 0.15) is 5.54 Å². The summed E-state index contributed by atoms with van der Waals surface area (Å²) in [4.78, 5) is 12.3. The van der Waals surface area contributed by atoms with E-state index in [1.807, 2.05) is 6.07 Å². The van der Waals surface area contributed by atoms with E-state index in [0.29, 0.717) is 12.1 Å². The Hall–Kier alpha value is -1.94. The van der Waals surface area contributed by atoms with Crippen LogP contribution in [-0.2, 0) is 0 Å². The highest BCUT2D eigenvalue weighted by Crippen LogP contribution is 2.11. The molecule has 0 saturated carbocycles. The molecule has 4 nitrogen and oxygen atoms in total. The summed E-state index contributed by atoms with van der Waals surface area (Å²) in [6.07, 6.45) is 2.83. The zero-order valence-electron chi connectivity index (χ0n) is 9.76. The van der Waals surface area contributed by atoms with Gasteiger partial charge in [0.25, 0.3) is 0 Å². The molecular formula is C13H16N2O2. The van der Waals surface area contributed by atoms with Gasteiger partial charge in [0, 0.05) is 12.1 Å². The van der Waals surface area contributed by atoms with Gasteiger partial charge in [0.05, 0.1) is 6.21 Å². The molecule has 4 heteroatoms. The summed E-state index contributed by atoms with van der Waals surface area (Å²) in [6.45, 7) is 5.68. The average Bonchev–Trinajstić information content (AvgIpc) is 2.37. The van der Waals surface area contributed by atoms with Crippen LogP contribution in [0.2, 0.25) is 0 Å². The number of nitrogens with one attached hydrogen (secondary N) is 1. The number of hydrogen-bond donors (Lipinski definition) is 2. The quantitative estimate of drug-likeness (QED) is 0.259. The van der Waals surface area contributed by atoms with Crippen LogP contribution in [-0.4, -0.2) is 29.3 Å². The Balaban J connectivity index is 2.98. The maximum absolute atomic E-state index is 12.3. The Morgan fingerprint density at radius 2 is 2.18 bits per heavy atom. The summed E-state index contributed by atoms with van der Waals surface area (Å²) < 4.78 is 0. The third kappa shape index (κ3) is 3.26. The van der Waals surface area contributed by atoms with Crippen LogP contribution in [0.25, 0.3) is 0 Å². The van der Waals surface area contributed by atoms with Crippen molar-refractivity contribution in [3.8, 4) is 0 Å². The number of rotatable bonds is 6. The fraction of sp³-hybridized carbons (Fsp3) is 0.231. The molecule has 0 spiro atoms. The molecule has 0 heterocycles. The first-order valence-electron chi connectivity index (χ1n) is 5.28. The zero-order chi connectivity index (χ0) is 12.7. The third-order valence-electron chi connectivity index (χ3n) is 2.44. The van der Waals surface area contributed by atoms with E-state index in [4.69, 9.17) is 5.21 Å². The van der Waals surface area contributed by atoms with E-state index >= 15 is 0 Å². The molecule has 0 aliphatic carbocycles. The van der Waals surface area contributed by atoms with Crippen LogP contribution < -0.4 is 5.32 Å². The monoisotopic (exact) mass is 232 g/mol. The number of carbonyl (C=O) groups excluding carboxylic acids is 1. The topological polar surface area (TPSA) is 61.7 Å². The van der Waals surface area contributed by atoms with E-state index in [0.717, 1.165) is 0 Å². The summed E-state index contributed by atoms with van der Waals surface area (Å²) in [5.74, 6) is -0.155. The average molecular weight is 232 g/mol. The third-order valence-corrected chi connectivity index (χ3v) is 2.44. The van der Waals surface area contributed by atoms with Gasteiger partial charge in [0.2, 0.25) is 0 Å². The van der Waals surface area contributed by atoms with E-state index < -0.39 is 5.54 Å². The van der Waals surface area contributed by atoms with Crippen molar-refractivity contribution >= 4 is 12.0 Å². The van der Waals surface area contributed by atoms with Crippen LogP contribution in [0.4, 0.5) is 0 Å². The number of hydrogen-bond acceptors (Lipinski definition) is 4. The minimum atomic E-state index is -1.04. The molecule has 0 bridgehead atoms. The molecule has 0 aromatic heterocycles. The van der Waals surface area contributed by atoms with E-state index in [1.165, 1.54) is 6.21 Å². The van der Waals surface area contributed by atoms with Crippen molar-refractivity contribution in [2.24, 2.45) is 5.16 Å². The van der Waals surface area contributed by atoms with Crippen LogP contribution in [0.5, 0.6) is 0 Å². The molecule has 1 unspecified atom stereocenters. The Morgan fingerprint density at radius 3 is 2.71 bits per heavy atom. The summed E-state index contributed by atoms with van der Waals surface area (Å²) in [5, 5.41) is 14.6. The standard InChI is InChI=1S/C13H16N2O2/c1-3-9-14-13(2,10-15-17)12(16)11-7-5-4-6-8-11/h3-8,10,14,17H,1,9H2,2H3. The number of Topliss-reactive ketones (excluding diaryl/α,β-unsaturated/α-hetero) is 1. The van der Waals surface area contributed by atoms with Crippen molar-refractivity contribution in [3.05, 3.63) is 48.6 Å². The van der Waals surface area contributed by atoms with Gasteiger partial charge >= 0.3 is 0 Å². The van der Waals surface area contributed by atoms with Gasteiger partial charge < -0.3 is 5.21 Å². The Morgan fingerprint density at radius 1 is 1.53 bits per heavy atom. The predicted octanol–water partition coefficient (Wildman–Crippen LogP) is 1.86. The van der Waals surface area contributed by atoms with Gasteiger partial charge in [-0.2, -0.15) is 0 Å². The minimum Gasteiger partial charge on any atom is -0.411 e. The van der Waals surface area contributed by atoms with Crippen LogP contribution >= 0.6 is 0 Å². The summed E-state index contributed by atoms with van der Waals surface area (Å²) in [6, 6.07) is 8.86. The zero-order valence-corrected chi connectivity index (χ0v) is 9.76. The van der Waals surface area contributed by atoms with E-state index in [9.17, 15) is 4.79 Å². The normalized spacial score (nSPS) is 14.4. The van der Waals surface area contributed by atoms with Crippen molar-refractivity contribution in [3.63, 3.8) is 0 Å². The van der Waals surface area contributed by atoms with Gasteiger partial charge in [-0.25, -0.2) is 0 Å². The molecule has 2 N–H and O–H groups in total. The van der Waals surface area contributed by atoms with Gasteiger partial charge in [-0.3, -0.25) is 10.1 Å². The maximum Gasteiger partial charge on any atom is 0.188 e. The fourth-order valence-electron chi connectivity index (χ4n) is 1.47. The highest BCUT2D eigenvalue weighted by atomic mass is 16.4. The number of nitrogens with zero attached hydrogens (tertiary/aromatic N) is 1. The molecule has 0 saturated heterocycles. The molecule has 17 heavy (non-hydrogen) atoms. The Bertz CT molecular complexity index is 415. The highest BCUT2D eigenvalue weighted by molar-refractivity contribution is 6.13. The van der Waals surface area contributed by atoms with Crippen molar-refractivity contribution < 1.29 is 10.0 Å². The van der Waals surface area contributed by atoms with E-state index in [1.54, 1.807) is 37.3 Å².